The Kier molecular flexibility index (Phi) is 4.00. The van der Waals surface area contributed by atoms with E-state index in [9.17, 15) is 19.5 Å². The molecule has 1 aliphatic rings. The molecule has 0 saturated carbocycles. The first-order valence-electron chi connectivity index (χ1n) is 9.08. The van der Waals surface area contributed by atoms with Gasteiger partial charge in [0.1, 0.15) is 11.1 Å². The molecule has 9 heteroatoms. The minimum Gasteiger partial charge on any atom is -0.480 e. The number of carboxylic acid groups (broad SMARTS) is 1. The number of benzene rings is 2. The summed E-state index contributed by atoms with van der Waals surface area (Å²) in [6.07, 6.45) is 0. The van der Waals surface area contributed by atoms with Gasteiger partial charge in [-0.1, -0.05) is 53.8 Å². The lowest BCUT2D eigenvalue weighted by Crippen LogP contribution is -2.35. The second-order valence-corrected chi connectivity index (χ2v) is 7.84. The van der Waals surface area contributed by atoms with Crippen molar-refractivity contribution in [2.75, 3.05) is 11.4 Å². The molecular formula is C21H14N4O4S. The second kappa shape index (κ2) is 6.60. The van der Waals surface area contributed by atoms with Crippen molar-refractivity contribution in [2.24, 2.45) is 0 Å². The third kappa shape index (κ3) is 2.63. The summed E-state index contributed by atoms with van der Waals surface area (Å²) in [5, 5.41) is 13.5. The van der Waals surface area contributed by atoms with Crippen LogP contribution >= 0.6 is 11.3 Å². The summed E-state index contributed by atoms with van der Waals surface area (Å²) < 4.78 is 1.40. The van der Waals surface area contributed by atoms with Gasteiger partial charge in [0.25, 0.3) is 11.5 Å². The molecule has 4 aromatic rings. The molecule has 2 aromatic carbocycles. The van der Waals surface area contributed by atoms with Gasteiger partial charge >= 0.3 is 5.97 Å². The first-order valence-corrected chi connectivity index (χ1v) is 9.90. The van der Waals surface area contributed by atoms with Crippen molar-refractivity contribution >= 4 is 39.4 Å². The fourth-order valence-corrected chi connectivity index (χ4v) is 4.61. The SMILES string of the molecule is Cc1ccccc1-c1nc2sc(=C3C(=O)N(CC(=O)O)c4ccccc43)c(=O)n2n1. The van der Waals surface area contributed by atoms with Gasteiger partial charge in [-0.2, -0.15) is 9.50 Å². The maximum Gasteiger partial charge on any atom is 0.323 e. The van der Waals surface area contributed by atoms with E-state index >= 15 is 0 Å². The van der Waals surface area contributed by atoms with E-state index in [1.807, 2.05) is 31.2 Å². The van der Waals surface area contributed by atoms with Crippen molar-refractivity contribution in [3.05, 3.63) is 74.5 Å². The highest BCUT2D eigenvalue weighted by Gasteiger charge is 2.35. The first kappa shape index (κ1) is 18.2. The van der Waals surface area contributed by atoms with Crippen LogP contribution in [0.5, 0.6) is 0 Å². The minimum atomic E-state index is -1.13. The Bertz CT molecular complexity index is 1470. The van der Waals surface area contributed by atoms with Gasteiger partial charge in [0.2, 0.25) is 4.96 Å². The second-order valence-electron chi connectivity index (χ2n) is 6.86. The van der Waals surface area contributed by atoms with Gasteiger partial charge in [0.15, 0.2) is 5.82 Å². The number of carboxylic acids is 1. The number of carbonyl (C=O) groups is 2. The van der Waals surface area contributed by atoms with Gasteiger partial charge in [-0.05, 0) is 18.6 Å². The van der Waals surface area contributed by atoms with Gasteiger partial charge in [-0.3, -0.25) is 19.3 Å². The molecular weight excluding hydrogens is 404 g/mol. The van der Waals surface area contributed by atoms with E-state index in [0.29, 0.717) is 22.0 Å². The summed E-state index contributed by atoms with van der Waals surface area (Å²) in [6, 6.07) is 14.5. The number of hydrogen-bond acceptors (Lipinski definition) is 6. The van der Waals surface area contributed by atoms with Crippen molar-refractivity contribution in [3.63, 3.8) is 0 Å². The molecule has 148 valence electrons. The average molecular weight is 418 g/mol. The zero-order valence-corrected chi connectivity index (χ0v) is 16.5. The molecule has 8 nitrogen and oxygen atoms in total. The highest BCUT2D eigenvalue weighted by molar-refractivity contribution is 7.15. The van der Waals surface area contributed by atoms with E-state index in [1.165, 1.54) is 9.42 Å². The van der Waals surface area contributed by atoms with Crippen LogP contribution in [0, 0.1) is 6.92 Å². The number of nitrogens with zero attached hydrogens (tertiary/aromatic N) is 4. The van der Waals surface area contributed by atoms with E-state index in [0.717, 1.165) is 22.5 Å². The molecule has 1 amide bonds. The summed E-state index contributed by atoms with van der Waals surface area (Å²) in [6.45, 7) is 1.46. The Hall–Kier alpha value is -3.85. The Morgan fingerprint density at radius 2 is 1.77 bits per heavy atom. The van der Waals surface area contributed by atoms with Gasteiger partial charge in [-0.15, -0.1) is 5.10 Å². The Morgan fingerprint density at radius 3 is 2.47 bits per heavy atom. The monoisotopic (exact) mass is 418 g/mol. The molecule has 5 rings (SSSR count). The van der Waals surface area contributed by atoms with Crippen LogP contribution in [0.3, 0.4) is 0 Å². The van der Waals surface area contributed by atoms with Crippen LogP contribution in [0.4, 0.5) is 5.69 Å². The molecule has 0 fully saturated rings. The summed E-state index contributed by atoms with van der Waals surface area (Å²) >= 11 is 1.08. The van der Waals surface area contributed by atoms with Crippen LogP contribution in [0.1, 0.15) is 11.1 Å². The highest BCUT2D eigenvalue weighted by Crippen LogP contribution is 2.35. The van der Waals surface area contributed by atoms with Gasteiger partial charge in [0, 0.05) is 11.1 Å². The number of anilines is 1. The van der Waals surface area contributed by atoms with Crippen LogP contribution in [0.25, 0.3) is 21.9 Å². The number of para-hydroxylation sites is 1. The lowest BCUT2D eigenvalue weighted by atomic mass is 10.1. The summed E-state index contributed by atoms with van der Waals surface area (Å²) in [7, 11) is 0. The molecule has 0 atom stereocenters. The van der Waals surface area contributed by atoms with E-state index in [2.05, 4.69) is 10.1 Å². The molecule has 0 radical (unpaired) electrons. The number of aromatic nitrogens is 3. The molecule has 0 aliphatic carbocycles. The lowest BCUT2D eigenvalue weighted by Gasteiger charge is -2.13. The number of amides is 1. The third-order valence-electron chi connectivity index (χ3n) is 4.99. The molecule has 3 heterocycles. The van der Waals surface area contributed by atoms with Crippen molar-refractivity contribution in [2.45, 2.75) is 6.92 Å². The Morgan fingerprint density at radius 1 is 1.07 bits per heavy atom. The fraction of sp³-hybridized carbons (Fsp3) is 0.0952. The van der Waals surface area contributed by atoms with Crippen molar-refractivity contribution < 1.29 is 14.7 Å². The normalized spacial score (nSPS) is 15.1. The van der Waals surface area contributed by atoms with Crippen LogP contribution in [0.2, 0.25) is 0 Å². The Balaban J connectivity index is 1.73. The third-order valence-corrected chi connectivity index (χ3v) is 6.02. The number of thiazole rings is 1. The molecule has 0 saturated heterocycles. The molecule has 0 spiro atoms. The van der Waals surface area contributed by atoms with Crippen LogP contribution in [-0.2, 0) is 9.59 Å². The number of rotatable bonds is 3. The molecule has 2 aromatic heterocycles. The van der Waals surface area contributed by atoms with Gasteiger partial charge in [0.05, 0.1) is 11.3 Å². The maximum absolute atomic E-state index is 13.1. The minimum absolute atomic E-state index is 0.187. The van der Waals surface area contributed by atoms with E-state index in [-0.39, 0.29) is 10.1 Å². The summed E-state index contributed by atoms with van der Waals surface area (Å²) in [5.74, 6) is -1.20. The van der Waals surface area contributed by atoms with E-state index < -0.39 is 24.0 Å². The first-order chi connectivity index (χ1) is 14.5. The quantitative estimate of drug-likeness (QED) is 0.540. The smallest absolute Gasteiger partial charge is 0.323 e. The number of carbonyl (C=O) groups excluding carboxylic acids is 1. The maximum atomic E-state index is 13.1. The number of aryl methyl sites for hydroxylation is 1. The van der Waals surface area contributed by atoms with Crippen LogP contribution < -0.4 is 15.0 Å². The van der Waals surface area contributed by atoms with Crippen LogP contribution in [0.15, 0.2) is 53.3 Å². The van der Waals surface area contributed by atoms with Crippen molar-refractivity contribution in [1.82, 2.24) is 14.6 Å². The summed E-state index contributed by atoms with van der Waals surface area (Å²) in [4.78, 5) is 43.4. The summed E-state index contributed by atoms with van der Waals surface area (Å²) in [5.41, 5.74) is 2.56. The zero-order valence-electron chi connectivity index (χ0n) is 15.7. The molecule has 0 unspecified atom stereocenters. The average Bonchev–Trinajstić information content (AvgIpc) is 3.34. The largest absolute Gasteiger partial charge is 0.480 e. The van der Waals surface area contributed by atoms with E-state index in [1.54, 1.807) is 24.3 Å². The van der Waals surface area contributed by atoms with Crippen molar-refractivity contribution in [3.8, 4) is 11.4 Å². The number of fused-ring (bicyclic) bond motifs is 2. The predicted molar refractivity (Wildman–Crippen MR) is 111 cm³/mol. The predicted octanol–water partition coefficient (Wildman–Crippen LogP) is 1.48. The van der Waals surface area contributed by atoms with E-state index in [4.69, 9.17) is 0 Å². The zero-order chi connectivity index (χ0) is 21.0. The number of hydrogen-bond donors (Lipinski definition) is 1. The molecule has 1 aliphatic heterocycles. The lowest BCUT2D eigenvalue weighted by molar-refractivity contribution is -0.136. The highest BCUT2D eigenvalue weighted by atomic mass is 32.1. The van der Waals surface area contributed by atoms with Gasteiger partial charge < -0.3 is 5.11 Å². The molecule has 0 bridgehead atoms. The Labute approximate surface area is 173 Å². The molecule has 30 heavy (non-hydrogen) atoms. The number of aliphatic carboxylic acids is 1. The fourth-order valence-electron chi connectivity index (χ4n) is 3.61. The molecule has 1 N–H and O–H groups in total. The van der Waals surface area contributed by atoms with Gasteiger partial charge in [-0.25, -0.2) is 0 Å². The topological polar surface area (TPSA) is 105 Å². The standard InChI is InChI=1S/C21H14N4O4S/c1-11-6-2-3-7-12(11)18-22-21-25(23-18)20(29)17(30-21)16-13-8-4-5-9-14(13)24(19(16)28)10-15(26)27/h2-9H,10H2,1H3,(H,26,27). The van der Waals surface area contributed by atoms with Crippen LogP contribution in [-0.4, -0.2) is 38.1 Å². The van der Waals surface area contributed by atoms with Crippen molar-refractivity contribution in [1.29, 1.82) is 0 Å².